The second-order valence-electron chi connectivity index (χ2n) is 12.5. The molecule has 0 N–H and O–H groups in total. The van der Waals surface area contributed by atoms with Crippen LogP contribution in [0.3, 0.4) is 0 Å². The summed E-state index contributed by atoms with van der Waals surface area (Å²) in [6.45, 7) is 1.63. The van der Waals surface area contributed by atoms with Crippen LogP contribution in [0.25, 0.3) is 77.3 Å². The van der Waals surface area contributed by atoms with Gasteiger partial charge in [0.05, 0.1) is 0 Å². The fourth-order valence-corrected chi connectivity index (χ4v) is 7.47. The highest BCUT2D eigenvalue weighted by Gasteiger charge is 2.22. The van der Waals surface area contributed by atoms with Gasteiger partial charge < -0.3 is 13.7 Å². The summed E-state index contributed by atoms with van der Waals surface area (Å²) in [5.74, 6) is 0. The Kier molecular flexibility index (Phi) is 5.70. The first kappa shape index (κ1) is 26.2. The molecule has 0 atom stereocenters. The van der Waals surface area contributed by atoms with Crippen molar-refractivity contribution in [2.24, 2.45) is 0 Å². The summed E-state index contributed by atoms with van der Waals surface area (Å²) in [5.41, 5.74) is 14.8. The zero-order valence-corrected chi connectivity index (χ0v) is 25.6. The Labute approximate surface area is 271 Å². The highest BCUT2D eigenvalue weighted by atomic mass is 16.3. The van der Waals surface area contributed by atoms with Gasteiger partial charge in [0.25, 0.3) is 0 Å². The van der Waals surface area contributed by atoms with Crippen LogP contribution in [0.5, 0.6) is 0 Å². The van der Waals surface area contributed by atoms with Crippen molar-refractivity contribution in [1.29, 1.82) is 0 Å². The Hall–Kier alpha value is -6.06. The van der Waals surface area contributed by atoms with E-state index >= 15 is 0 Å². The van der Waals surface area contributed by atoms with Gasteiger partial charge in [0.15, 0.2) is 0 Å². The van der Waals surface area contributed by atoms with Crippen LogP contribution in [0, 0.1) is 0 Å². The van der Waals surface area contributed by atoms with Crippen LogP contribution >= 0.6 is 0 Å². The molecule has 0 amide bonds. The van der Waals surface area contributed by atoms with Gasteiger partial charge >= 0.3 is 0 Å². The monoisotopic (exact) mass is 603 g/mol. The van der Waals surface area contributed by atoms with Gasteiger partial charge in [0.1, 0.15) is 22.3 Å². The number of benzene rings is 7. The van der Waals surface area contributed by atoms with Crippen molar-refractivity contribution in [3.8, 4) is 33.4 Å². The van der Waals surface area contributed by atoms with E-state index in [-0.39, 0.29) is 0 Å². The third kappa shape index (κ3) is 4.20. The maximum Gasteiger partial charge on any atom is 0.143 e. The Bertz CT molecular complexity index is 2640. The van der Waals surface area contributed by atoms with Gasteiger partial charge in [0.2, 0.25) is 0 Å². The summed E-state index contributed by atoms with van der Waals surface area (Å²) >= 11 is 0. The lowest BCUT2D eigenvalue weighted by Crippen LogP contribution is -2.20. The zero-order valence-electron chi connectivity index (χ0n) is 25.6. The SMILES string of the molecule is c1ccc(N2Cc3cc(-c4cccc5c4oc4ccccc45)ccc3-c3cc(-c4ccc5oc6ccccc6c5c4)ccc3C2)cc1. The Morgan fingerprint density at radius 1 is 0.383 bits per heavy atom. The zero-order chi connectivity index (χ0) is 30.9. The van der Waals surface area contributed by atoms with Crippen LogP contribution in [0.15, 0.2) is 160 Å². The number of furan rings is 2. The number of anilines is 1. The minimum Gasteiger partial charge on any atom is -0.456 e. The van der Waals surface area contributed by atoms with Crippen molar-refractivity contribution < 1.29 is 8.83 Å². The Balaban J connectivity index is 1.14. The molecule has 3 heterocycles. The van der Waals surface area contributed by atoms with E-state index in [0.29, 0.717) is 0 Å². The third-order valence-corrected chi connectivity index (χ3v) is 9.77. The van der Waals surface area contributed by atoms with Gasteiger partial charge in [-0.1, -0.05) is 103 Å². The highest BCUT2D eigenvalue weighted by Crippen LogP contribution is 2.42. The van der Waals surface area contributed by atoms with E-state index in [4.69, 9.17) is 8.83 Å². The lowest BCUT2D eigenvalue weighted by atomic mass is 9.90. The van der Waals surface area contributed by atoms with Crippen LogP contribution in [-0.4, -0.2) is 0 Å². The van der Waals surface area contributed by atoms with E-state index in [2.05, 4.69) is 138 Å². The molecule has 2 aromatic heterocycles. The summed E-state index contributed by atoms with van der Waals surface area (Å²) in [7, 11) is 0. The Morgan fingerprint density at radius 2 is 1.04 bits per heavy atom. The molecule has 0 spiro atoms. The van der Waals surface area contributed by atoms with Crippen LogP contribution < -0.4 is 4.90 Å². The van der Waals surface area contributed by atoms with Gasteiger partial charge in [-0.05, 0) is 87.5 Å². The number of rotatable bonds is 3. The second kappa shape index (κ2) is 10.2. The minimum atomic E-state index is 0.806. The molecule has 0 aliphatic carbocycles. The summed E-state index contributed by atoms with van der Waals surface area (Å²) in [6, 6.07) is 54.3. The molecule has 0 unspecified atom stereocenters. The van der Waals surface area contributed by atoms with Gasteiger partial charge in [-0.2, -0.15) is 0 Å². The molecule has 0 saturated carbocycles. The van der Waals surface area contributed by atoms with E-state index in [1.54, 1.807) is 0 Å². The van der Waals surface area contributed by atoms with Crippen LogP contribution in [-0.2, 0) is 13.1 Å². The predicted octanol–water partition coefficient (Wildman–Crippen LogP) is 12.0. The average molecular weight is 604 g/mol. The molecule has 3 heteroatoms. The molecule has 0 saturated heterocycles. The molecule has 47 heavy (non-hydrogen) atoms. The topological polar surface area (TPSA) is 29.5 Å². The first-order valence-corrected chi connectivity index (χ1v) is 16.2. The van der Waals surface area contributed by atoms with Crippen molar-refractivity contribution in [2.75, 3.05) is 4.90 Å². The second-order valence-corrected chi connectivity index (χ2v) is 12.5. The van der Waals surface area contributed by atoms with Crippen molar-refractivity contribution in [1.82, 2.24) is 0 Å². The van der Waals surface area contributed by atoms with Gasteiger partial charge in [-0.15, -0.1) is 0 Å². The number of hydrogen-bond donors (Lipinski definition) is 0. The lowest BCUT2D eigenvalue weighted by Gasteiger charge is -2.24. The lowest BCUT2D eigenvalue weighted by molar-refractivity contribution is 0.669. The molecule has 1 aliphatic heterocycles. The van der Waals surface area contributed by atoms with Crippen LogP contribution in [0.2, 0.25) is 0 Å². The van der Waals surface area contributed by atoms with E-state index < -0.39 is 0 Å². The fourth-order valence-electron chi connectivity index (χ4n) is 7.47. The summed E-state index contributed by atoms with van der Waals surface area (Å²) < 4.78 is 12.6. The van der Waals surface area contributed by atoms with Crippen molar-refractivity contribution in [2.45, 2.75) is 13.1 Å². The fraction of sp³-hybridized carbons (Fsp3) is 0.0455. The minimum absolute atomic E-state index is 0.806. The van der Waals surface area contributed by atoms with Crippen molar-refractivity contribution in [3.63, 3.8) is 0 Å². The normalized spacial score (nSPS) is 12.9. The number of hydrogen-bond acceptors (Lipinski definition) is 3. The van der Waals surface area contributed by atoms with Crippen LogP contribution in [0.1, 0.15) is 11.1 Å². The molecule has 0 fully saturated rings. The molecule has 10 rings (SSSR count). The molecule has 0 radical (unpaired) electrons. The largest absolute Gasteiger partial charge is 0.456 e. The number of nitrogens with zero attached hydrogens (tertiary/aromatic N) is 1. The first-order valence-electron chi connectivity index (χ1n) is 16.2. The predicted molar refractivity (Wildman–Crippen MR) is 194 cm³/mol. The van der Waals surface area contributed by atoms with Gasteiger partial charge in [-0.3, -0.25) is 0 Å². The maximum absolute atomic E-state index is 6.45. The van der Waals surface area contributed by atoms with Gasteiger partial charge in [-0.25, -0.2) is 0 Å². The van der Waals surface area contributed by atoms with E-state index in [9.17, 15) is 0 Å². The standard InChI is InChI=1S/C44H29NO2/c1-2-9-33(10-3-1)45-26-31-18-17-28(29-20-22-43-40(25-29)37-12-5-6-15-41(37)46-43)24-39(31)34-21-19-30(23-32(34)27-45)35-13-8-14-38-36-11-4-7-16-42(36)47-44(35)38/h1-25H,26-27H2. The molecule has 222 valence electrons. The number of fused-ring (bicyclic) bond motifs is 9. The smallest absolute Gasteiger partial charge is 0.143 e. The number of para-hydroxylation sites is 4. The van der Waals surface area contributed by atoms with Crippen LogP contribution in [0.4, 0.5) is 5.69 Å². The van der Waals surface area contributed by atoms with E-state index in [0.717, 1.165) is 62.5 Å². The quantitative estimate of drug-likeness (QED) is 0.201. The molecular formula is C44H29NO2. The third-order valence-electron chi connectivity index (χ3n) is 9.77. The molecule has 1 aliphatic rings. The molecule has 0 bridgehead atoms. The van der Waals surface area contributed by atoms with Gasteiger partial charge in [0, 0.05) is 45.9 Å². The first-order chi connectivity index (χ1) is 23.3. The van der Waals surface area contributed by atoms with Crippen molar-refractivity contribution >= 4 is 49.6 Å². The molecule has 3 nitrogen and oxygen atoms in total. The summed E-state index contributed by atoms with van der Waals surface area (Å²) in [6.07, 6.45) is 0. The molecular weight excluding hydrogens is 574 g/mol. The molecule has 7 aromatic carbocycles. The van der Waals surface area contributed by atoms with E-state index in [1.165, 1.54) is 44.6 Å². The molecule has 9 aromatic rings. The van der Waals surface area contributed by atoms with Crippen molar-refractivity contribution in [3.05, 3.63) is 163 Å². The Morgan fingerprint density at radius 3 is 1.91 bits per heavy atom. The summed E-state index contributed by atoms with van der Waals surface area (Å²) in [5, 5.41) is 4.59. The summed E-state index contributed by atoms with van der Waals surface area (Å²) in [4.78, 5) is 2.49. The maximum atomic E-state index is 6.45. The average Bonchev–Trinajstić information content (AvgIpc) is 3.65. The highest BCUT2D eigenvalue weighted by molar-refractivity contribution is 6.10. The van der Waals surface area contributed by atoms with E-state index in [1.807, 2.05) is 18.2 Å².